The lowest BCUT2D eigenvalue weighted by Gasteiger charge is -2.29. The quantitative estimate of drug-likeness (QED) is 0.673. The van der Waals surface area contributed by atoms with Gasteiger partial charge in [0.1, 0.15) is 11.7 Å². The fourth-order valence-electron chi connectivity index (χ4n) is 3.29. The number of ether oxygens (including phenoxy) is 2. The van der Waals surface area contributed by atoms with E-state index < -0.39 is 11.8 Å². The Morgan fingerprint density at radius 2 is 1.73 bits per heavy atom. The van der Waals surface area contributed by atoms with Crippen LogP contribution in [0.1, 0.15) is 44.1 Å². The summed E-state index contributed by atoms with van der Waals surface area (Å²) in [6, 6.07) is 0.138. The maximum Gasteiger partial charge on any atom is 0.321 e. The zero-order valence-electron chi connectivity index (χ0n) is 15.9. The van der Waals surface area contributed by atoms with Gasteiger partial charge in [-0.3, -0.25) is 14.4 Å². The molecule has 1 saturated carbocycles. The van der Waals surface area contributed by atoms with Crippen LogP contribution in [0.25, 0.3) is 0 Å². The topological polar surface area (TPSA) is 98.7 Å². The molecule has 1 fully saturated rings. The Balaban J connectivity index is 2.42. The third kappa shape index (κ3) is 3.84. The summed E-state index contributed by atoms with van der Waals surface area (Å²) in [6.07, 6.45) is 1.02. The molecule has 8 heteroatoms. The van der Waals surface area contributed by atoms with Crippen LogP contribution in [-0.2, 0) is 14.4 Å². The summed E-state index contributed by atoms with van der Waals surface area (Å²) in [5.74, 6) is -1.73. The van der Waals surface area contributed by atoms with Crippen molar-refractivity contribution in [2.24, 2.45) is 5.92 Å². The normalized spacial score (nSPS) is 20.0. The van der Waals surface area contributed by atoms with Crippen LogP contribution >= 0.6 is 0 Å². The van der Waals surface area contributed by atoms with Gasteiger partial charge in [-0.15, -0.1) is 0 Å². The number of carbonyl (C=O) groups is 3. The van der Waals surface area contributed by atoms with E-state index in [4.69, 9.17) is 9.47 Å². The van der Waals surface area contributed by atoms with Gasteiger partial charge >= 0.3 is 6.01 Å². The van der Waals surface area contributed by atoms with Crippen LogP contribution in [0.5, 0.6) is 11.9 Å². The minimum absolute atomic E-state index is 0.0821. The first-order chi connectivity index (χ1) is 12.3. The number of ketones is 3. The molecule has 1 aliphatic rings. The molecule has 0 aliphatic heterocycles. The van der Waals surface area contributed by atoms with Crippen molar-refractivity contribution in [2.75, 3.05) is 33.2 Å². The number of hydrogen-bond acceptors (Lipinski definition) is 8. The lowest BCUT2D eigenvalue weighted by molar-refractivity contribution is -0.142. The molecule has 1 heterocycles. The van der Waals surface area contributed by atoms with Crippen molar-refractivity contribution < 1.29 is 23.9 Å². The van der Waals surface area contributed by atoms with Gasteiger partial charge in [0.2, 0.25) is 5.88 Å². The van der Waals surface area contributed by atoms with E-state index in [1.807, 2.05) is 6.92 Å². The van der Waals surface area contributed by atoms with E-state index >= 15 is 0 Å². The monoisotopic (exact) mass is 363 g/mol. The highest BCUT2D eigenvalue weighted by atomic mass is 16.5. The molecule has 1 aliphatic carbocycles. The molecule has 0 radical (unpaired) electrons. The van der Waals surface area contributed by atoms with Crippen LogP contribution in [0.2, 0.25) is 0 Å². The summed E-state index contributed by atoms with van der Waals surface area (Å²) in [6.45, 7) is 1.85. The molecule has 0 N–H and O–H groups in total. The van der Waals surface area contributed by atoms with Gasteiger partial charge in [-0.1, -0.05) is 6.92 Å². The van der Waals surface area contributed by atoms with E-state index in [2.05, 4.69) is 9.97 Å². The van der Waals surface area contributed by atoms with E-state index in [0.29, 0.717) is 17.8 Å². The minimum atomic E-state index is -1.13. The summed E-state index contributed by atoms with van der Waals surface area (Å²) in [5.41, 5.74) is 0.585. The maximum absolute atomic E-state index is 12.5. The molecule has 0 saturated heterocycles. The second-order valence-corrected chi connectivity index (χ2v) is 6.54. The third-order valence-electron chi connectivity index (χ3n) is 4.44. The first-order valence-corrected chi connectivity index (χ1v) is 8.59. The average molecular weight is 363 g/mol. The van der Waals surface area contributed by atoms with E-state index in [-0.39, 0.29) is 48.5 Å². The van der Waals surface area contributed by atoms with Gasteiger partial charge in [0.15, 0.2) is 17.3 Å². The molecular formula is C18H25N3O5. The predicted molar refractivity (Wildman–Crippen MR) is 94.9 cm³/mol. The second-order valence-electron chi connectivity index (χ2n) is 6.54. The lowest BCUT2D eigenvalue weighted by Crippen LogP contribution is -2.38. The molecule has 0 unspecified atom stereocenters. The highest BCUT2D eigenvalue weighted by Crippen LogP contribution is 2.41. The van der Waals surface area contributed by atoms with Crippen LogP contribution in [0.4, 0.5) is 5.82 Å². The van der Waals surface area contributed by atoms with Crippen LogP contribution in [0.15, 0.2) is 0 Å². The molecule has 26 heavy (non-hydrogen) atoms. The molecule has 1 aromatic rings. The van der Waals surface area contributed by atoms with Crippen LogP contribution < -0.4 is 14.4 Å². The number of carbonyl (C=O) groups excluding carboxylic acids is 3. The number of nitrogens with zero attached hydrogens (tertiary/aromatic N) is 3. The average Bonchev–Trinajstić information content (AvgIpc) is 2.59. The molecule has 0 aromatic carbocycles. The first-order valence-electron chi connectivity index (χ1n) is 8.59. The van der Waals surface area contributed by atoms with Gasteiger partial charge in [0.25, 0.3) is 0 Å². The Bertz CT molecular complexity index is 699. The van der Waals surface area contributed by atoms with E-state index in [1.165, 1.54) is 14.2 Å². The molecule has 0 atom stereocenters. The highest BCUT2D eigenvalue weighted by Gasteiger charge is 2.42. The first kappa shape index (κ1) is 19.8. The molecule has 0 amide bonds. The number of hydrogen-bond donors (Lipinski definition) is 0. The van der Waals surface area contributed by atoms with Gasteiger partial charge in [-0.05, 0) is 6.42 Å². The Morgan fingerprint density at radius 1 is 1.12 bits per heavy atom. The number of rotatable bonds is 7. The van der Waals surface area contributed by atoms with Gasteiger partial charge in [0, 0.05) is 39.3 Å². The lowest BCUT2D eigenvalue weighted by atomic mass is 9.75. The van der Waals surface area contributed by atoms with E-state index in [9.17, 15) is 14.4 Å². The Labute approximate surface area is 152 Å². The highest BCUT2D eigenvalue weighted by molar-refractivity contribution is 6.21. The molecule has 142 valence electrons. The Kier molecular flexibility index (Phi) is 6.28. The van der Waals surface area contributed by atoms with Crippen LogP contribution in [0.3, 0.4) is 0 Å². The van der Waals surface area contributed by atoms with Crippen LogP contribution in [0, 0.1) is 5.92 Å². The second kappa shape index (κ2) is 8.25. The van der Waals surface area contributed by atoms with Gasteiger partial charge in [-0.25, -0.2) is 0 Å². The van der Waals surface area contributed by atoms with Crippen molar-refractivity contribution in [1.29, 1.82) is 0 Å². The van der Waals surface area contributed by atoms with Crippen molar-refractivity contribution >= 4 is 23.2 Å². The van der Waals surface area contributed by atoms with Gasteiger partial charge < -0.3 is 14.4 Å². The van der Waals surface area contributed by atoms with Crippen molar-refractivity contribution in [1.82, 2.24) is 9.97 Å². The van der Waals surface area contributed by atoms with Crippen molar-refractivity contribution in [3.8, 4) is 11.9 Å². The standard InChI is InChI=1S/C18H25N3O5/c1-6-7-11(22)15-12(23)8-10(9-13(15)24)14-16(21(2)3)19-18(26-5)20-17(14)25-4/h10,15H,6-9H2,1-5H3. The Hall–Kier alpha value is -2.51. The molecule has 2 rings (SSSR count). The number of aromatic nitrogens is 2. The summed E-state index contributed by atoms with van der Waals surface area (Å²) in [5, 5.41) is 0. The predicted octanol–water partition coefficient (Wildman–Crippen LogP) is 1.56. The summed E-state index contributed by atoms with van der Waals surface area (Å²) < 4.78 is 10.5. The van der Waals surface area contributed by atoms with Crippen molar-refractivity contribution in [2.45, 2.75) is 38.5 Å². The zero-order valence-corrected chi connectivity index (χ0v) is 15.9. The van der Waals surface area contributed by atoms with Crippen LogP contribution in [-0.4, -0.2) is 55.6 Å². The molecule has 0 bridgehead atoms. The number of methoxy groups -OCH3 is 2. The molecular weight excluding hydrogens is 338 g/mol. The zero-order chi connectivity index (χ0) is 19.4. The van der Waals surface area contributed by atoms with E-state index in [1.54, 1.807) is 19.0 Å². The molecule has 1 aromatic heterocycles. The van der Waals surface area contributed by atoms with Gasteiger partial charge in [0.05, 0.1) is 19.8 Å². The Morgan fingerprint density at radius 3 is 2.19 bits per heavy atom. The SMILES string of the molecule is CCCC(=O)C1C(=O)CC(c2c(OC)nc(OC)nc2N(C)C)CC1=O. The third-order valence-corrected chi connectivity index (χ3v) is 4.44. The summed E-state index contributed by atoms with van der Waals surface area (Å²) >= 11 is 0. The molecule has 0 spiro atoms. The molecule has 8 nitrogen and oxygen atoms in total. The van der Waals surface area contributed by atoms with Crippen molar-refractivity contribution in [3.05, 3.63) is 5.56 Å². The van der Waals surface area contributed by atoms with E-state index in [0.717, 1.165) is 0 Å². The number of anilines is 1. The minimum Gasteiger partial charge on any atom is -0.481 e. The smallest absolute Gasteiger partial charge is 0.321 e. The number of Topliss-reactive ketones (excluding diaryl/α,β-unsaturated/α-hetero) is 3. The summed E-state index contributed by atoms with van der Waals surface area (Å²) in [4.78, 5) is 47.5. The van der Waals surface area contributed by atoms with Gasteiger partial charge in [-0.2, -0.15) is 9.97 Å². The fraction of sp³-hybridized carbons (Fsp3) is 0.611. The summed E-state index contributed by atoms with van der Waals surface area (Å²) in [7, 11) is 6.51. The van der Waals surface area contributed by atoms with Crippen molar-refractivity contribution in [3.63, 3.8) is 0 Å². The maximum atomic E-state index is 12.5. The largest absolute Gasteiger partial charge is 0.481 e. The fourth-order valence-corrected chi connectivity index (χ4v) is 3.29.